The molecular formula is C24H33NO4. The second-order valence-electron chi connectivity index (χ2n) is 8.22. The van der Waals surface area contributed by atoms with Crippen LogP contribution in [0.1, 0.15) is 52.2 Å². The summed E-state index contributed by atoms with van der Waals surface area (Å²) in [6.45, 7) is 12.3. The number of aliphatic hydroxyl groups is 1. The summed E-state index contributed by atoms with van der Waals surface area (Å²) >= 11 is 0. The van der Waals surface area contributed by atoms with Crippen molar-refractivity contribution in [3.05, 3.63) is 66.5 Å². The van der Waals surface area contributed by atoms with E-state index in [-0.39, 0.29) is 12.0 Å². The number of ether oxygens (including phenoxy) is 2. The Labute approximate surface area is 174 Å². The van der Waals surface area contributed by atoms with Crippen molar-refractivity contribution in [3.8, 4) is 5.75 Å². The van der Waals surface area contributed by atoms with Crippen molar-refractivity contribution in [3.63, 3.8) is 0 Å². The normalized spacial score (nSPS) is 19.1. The molecule has 2 rings (SSSR count). The van der Waals surface area contributed by atoms with E-state index >= 15 is 0 Å². The van der Waals surface area contributed by atoms with E-state index in [0.717, 1.165) is 12.8 Å². The summed E-state index contributed by atoms with van der Waals surface area (Å²) in [5.74, 6) is 1.15. The fourth-order valence-corrected chi connectivity index (χ4v) is 3.36. The molecular weight excluding hydrogens is 366 g/mol. The van der Waals surface area contributed by atoms with Gasteiger partial charge in [0, 0.05) is 24.6 Å². The number of benzene rings is 1. The van der Waals surface area contributed by atoms with Crippen molar-refractivity contribution >= 4 is 6.09 Å². The molecule has 29 heavy (non-hydrogen) atoms. The fraction of sp³-hybridized carbons (Fsp3) is 0.458. The third-order valence-electron chi connectivity index (χ3n) is 4.63. The van der Waals surface area contributed by atoms with Crippen LogP contribution in [0, 0.1) is 5.92 Å². The van der Waals surface area contributed by atoms with Crippen molar-refractivity contribution in [2.24, 2.45) is 5.92 Å². The molecule has 1 aliphatic heterocycles. The molecule has 1 fully saturated rings. The van der Waals surface area contributed by atoms with Gasteiger partial charge in [-0.2, -0.15) is 0 Å². The van der Waals surface area contributed by atoms with E-state index in [4.69, 9.17) is 9.47 Å². The number of carbonyl (C=O) groups is 1. The summed E-state index contributed by atoms with van der Waals surface area (Å²) in [5, 5.41) is 11.1. The van der Waals surface area contributed by atoms with Crippen LogP contribution >= 0.6 is 0 Å². The highest BCUT2D eigenvalue weighted by molar-refractivity contribution is 5.68. The predicted octanol–water partition coefficient (Wildman–Crippen LogP) is 5.39. The van der Waals surface area contributed by atoms with Crippen molar-refractivity contribution in [2.45, 2.75) is 52.2 Å². The first-order valence-corrected chi connectivity index (χ1v) is 10.1. The number of nitrogens with zero attached hydrogens (tertiary/aromatic N) is 1. The summed E-state index contributed by atoms with van der Waals surface area (Å²) in [4.78, 5) is 14.1. The lowest BCUT2D eigenvalue weighted by Crippen LogP contribution is -2.44. The Bertz CT molecular complexity index is 760. The minimum absolute atomic E-state index is 0.0884. The van der Waals surface area contributed by atoms with E-state index in [2.05, 4.69) is 6.58 Å². The molecule has 1 aliphatic rings. The van der Waals surface area contributed by atoms with Gasteiger partial charge in [-0.25, -0.2) is 4.79 Å². The Hall–Kier alpha value is -2.53. The number of carbonyl (C=O) groups excluding carboxylic acids is 1. The number of amides is 1. The Balaban J connectivity index is 2.17. The molecule has 158 valence electrons. The third kappa shape index (κ3) is 6.79. The molecule has 0 saturated carbocycles. The Kier molecular flexibility index (Phi) is 8.09. The number of hydrogen-bond donors (Lipinski definition) is 1. The Morgan fingerprint density at radius 3 is 2.72 bits per heavy atom. The maximum absolute atomic E-state index is 12.4. The second kappa shape index (κ2) is 10.3. The van der Waals surface area contributed by atoms with Crippen LogP contribution < -0.4 is 4.74 Å². The van der Waals surface area contributed by atoms with E-state index in [9.17, 15) is 9.90 Å². The summed E-state index contributed by atoms with van der Waals surface area (Å²) in [5.41, 5.74) is 0.173. The highest BCUT2D eigenvalue weighted by Crippen LogP contribution is 2.35. The van der Waals surface area contributed by atoms with E-state index in [1.807, 2.05) is 64.1 Å². The summed E-state index contributed by atoms with van der Waals surface area (Å²) in [7, 11) is 0. The number of likely N-dealkylation sites (tertiary alicyclic amines) is 1. The fourth-order valence-electron chi connectivity index (χ4n) is 3.36. The first-order chi connectivity index (χ1) is 13.7. The maximum Gasteiger partial charge on any atom is 0.410 e. The SMILES string of the molecule is C=C/C=C(\C=C/C)Oc1ccccc1C(O)[C@@H]1CCCN(C(=O)OC(C)(C)C)C1. The first kappa shape index (κ1) is 22.8. The molecule has 1 aromatic rings. The minimum Gasteiger partial charge on any atom is -0.457 e. The van der Waals surface area contributed by atoms with Gasteiger partial charge in [0.2, 0.25) is 0 Å². The van der Waals surface area contributed by atoms with Crippen molar-refractivity contribution in [2.75, 3.05) is 13.1 Å². The zero-order valence-electron chi connectivity index (χ0n) is 17.9. The van der Waals surface area contributed by atoms with Gasteiger partial charge >= 0.3 is 6.09 Å². The monoisotopic (exact) mass is 399 g/mol. The van der Waals surface area contributed by atoms with Gasteiger partial charge in [-0.05, 0) is 58.8 Å². The van der Waals surface area contributed by atoms with Crippen LogP contribution in [-0.2, 0) is 4.74 Å². The van der Waals surface area contributed by atoms with Crippen LogP contribution in [0.15, 0.2) is 60.9 Å². The van der Waals surface area contributed by atoms with E-state index < -0.39 is 11.7 Å². The van der Waals surface area contributed by atoms with Gasteiger partial charge in [-0.3, -0.25) is 0 Å². The van der Waals surface area contributed by atoms with Gasteiger partial charge in [0.15, 0.2) is 0 Å². The second-order valence-corrected chi connectivity index (χ2v) is 8.22. The maximum atomic E-state index is 12.4. The van der Waals surface area contributed by atoms with Crippen LogP contribution in [-0.4, -0.2) is 34.8 Å². The van der Waals surface area contributed by atoms with Gasteiger partial charge in [-0.15, -0.1) is 0 Å². The lowest BCUT2D eigenvalue weighted by molar-refractivity contribution is 0.00213. The predicted molar refractivity (Wildman–Crippen MR) is 116 cm³/mol. The van der Waals surface area contributed by atoms with Gasteiger partial charge in [0.1, 0.15) is 17.1 Å². The Morgan fingerprint density at radius 1 is 1.34 bits per heavy atom. The molecule has 0 spiro atoms. The topological polar surface area (TPSA) is 59.0 Å². The number of hydrogen-bond acceptors (Lipinski definition) is 4. The van der Waals surface area contributed by atoms with Gasteiger partial charge in [0.05, 0.1) is 6.10 Å². The number of rotatable bonds is 6. The molecule has 1 saturated heterocycles. The van der Waals surface area contributed by atoms with E-state index in [0.29, 0.717) is 30.2 Å². The zero-order chi connectivity index (χ0) is 21.4. The minimum atomic E-state index is -0.743. The van der Waals surface area contributed by atoms with Crippen molar-refractivity contribution < 1.29 is 19.4 Å². The summed E-state index contributed by atoms with van der Waals surface area (Å²) < 4.78 is 11.5. The zero-order valence-corrected chi connectivity index (χ0v) is 17.9. The number of para-hydroxylation sites is 1. The first-order valence-electron chi connectivity index (χ1n) is 10.1. The molecule has 1 aromatic carbocycles. The lowest BCUT2D eigenvalue weighted by atomic mass is 9.88. The van der Waals surface area contributed by atoms with Crippen LogP contribution in [0.4, 0.5) is 4.79 Å². The third-order valence-corrected chi connectivity index (χ3v) is 4.63. The molecule has 1 N–H and O–H groups in total. The molecule has 5 heteroatoms. The molecule has 0 aliphatic carbocycles. The quantitative estimate of drug-likeness (QED) is 0.514. The van der Waals surface area contributed by atoms with E-state index in [1.54, 1.807) is 17.1 Å². The van der Waals surface area contributed by atoms with Crippen molar-refractivity contribution in [1.29, 1.82) is 0 Å². The highest BCUT2D eigenvalue weighted by atomic mass is 16.6. The number of piperidine rings is 1. The average Bonchev–Trinajstić information content (AvgIpc) is 2.67. The molecule has 0 aromatic heterocycles. The summed E-state index contributed by atoms with van der Waals surface area (Å²) in [6, 6.07) is 7.47. The molecule has 2 atom stereocenters. The van der Waals surface area contributed by atoms with Gasteiger partial charge < -0.3 is 19.5 Å². The smallest absolute Gasteiger partial charge is 0.410 e. The van der Waals surface area contributed by atoms with E-state index in [1.165, 1.54) is 0 Å². The average molecular weight is 400 g/mol. The number of aliphatic hydroxyl groups excluding tert-OH is 1. The molecule has 0 radical (unpaired) electrons. The molecule has 0 bridgehead atoms. The molecule has 1 unspecified atom stereocenters. The van der Waals surface area contributed by atoms with Gasteiger partial charge in [0.25, 0.3) is 0 Å². The largest absolute Gasteiger partial charge is 0.457 e. The molecule has 1 amide bonds. The van der Waals surface area contributed by atoms with Crippen LogP contribution in [0.25, 0.3) is 0 Å². The van der Waals surface area contributed by atoms with Crippen molar-refractivity contribution in [1.82, 2.24) is 4.90 Å². The molecule has 5 nitrogen and oxygen atoms in total. The number of allylic oxidation sites excluding steroid dienone is 4. The van der Waals surface area contributed by atoms with Crippen LogP contribution in [0.5, 0.6) is 5.75 Å². The lowest BCUT2D eigenvalue weighted by Gasteiger charge is -2.36. The summed E-state index contributed by atoms with van der Waals surface area (Å²) in [6.07, 6.45) is 7.74. The molecule has 1 heterocycles. The van der Waals surface area contributed by atoms with Crippen LogP contribution in [0.2, 0.25) is 0 Å². The Morgan fingerprint density at radius 2 is 2.07 bits per heavy atom. The van der Waals surface area contributed by atoms with Gasteiger partial charge in [-0.1, -0.05) is 36.9 Å². The van der Waals surface area contributed by atoms with Crippen LogP contribution in [0.3, 0.4) is 0 Å². The highest BCUT2D eigenvalue weighted by Gasteiger charge is 2.32. The standard InChI is InChI=1S/C24H33NO4/c1-6-11-19(12-7-2)28-21-15-9-8-14-20(21)22(26)18-13-10-16-25(17-18)23(27)29-24(3,4)5/h6-9,11-12,14-15,18,22,26H,1,10,13,16-17H2,2-5H3/b12-7-,19-11+/t18-,22?/m1/s1.